The van der Waals surface area contributed by atoms with Crippen LogP contribution < -0.4 is 5.32 Å². The van der Waals surface area contributed by atoms with Gasteiger partial charge in [0.1, 0.15) is 5.82 Å². The highest BCUT2D eigenvalue weighted by molar-refractivity contribution is 6.33. The molecule has 0 heterocycles. The first-order valence-corrected chi connectivity index (χ1v) is 6.31. The molecule has 0 bridgehead atoms. The zero-order valence-corrected chi connectivity index (χ0v) is 11.4. The Kier molecular flexibility index (Phi) is 4.20. The Labute approximate surface area is 120 Å². The van der Waals surface area contributed by atoms with Gasteiger partial charge in [0.2, 0.25) is 0 Å². The van der Waals surface area contributed by atoms with Crippen LogP contribution >= 0.6 is 11.6 Å². The van der Waals surface area contributed by atoms with Crippen molar-refractivity contribution in [3.63, 3.8) is 0 Å². The molecule has 1 N–H and O–H groups in total. The lowest BCUT2D eigenvalue weighted by Gasteiger charge is -2.16. The average Bonchev–Trinajstić information content (AvgIpc) is 2.42. The molecule has 0 aliphatic heterocycles. The summed E-state index contributed by atoms with van der Waals surface area (Å²) in [4.78, 5) is 10.5. The second kappa shape index (κ2) is 5.88. The fourth-order valence-electron chi connectivity index (χ4n) is 1.94. The van der Waals surface area contributed by atoms with Crippen LogP contribution in [-0.2, 0) is 0 Å². The quantitative estimate of drug-likeness (QED) is 0.664. The molecule has 0 aliphatic carbocycles. The first-order chi connectivity index (χ1) is 9.49. The molecule has 4 nitrogen and oxygen atoms in total. The molecule has 0 spiro atoms. The molecule has 104 valence electrons. The molecule has 0 radical (unpaired) electrons. The number of para-hydroxylation sites is 1. The van der Waals surface area contributed by atoms with E-state index in [4.69, 9.17) is 11.6 Å². The number of hydrogen-bond acceptors (Lipinski definition) is 3. The molecule has 0 fully saturated rings. The molecular weight excluding hydrogens is 283 g/mol. The van der Waals surface area contributed by atoms with Crippen molar-refractivity contribution in [1.82, 2.24) is 0 Å². The topological polar surface area (TPSA) is 55.2 Å². The maximum absolute atomic E-state index is 13.2. The SMILES string of the molecule is CC(Nc1cc(F)ccc1Cl)c1ccccc1[N+](=O)[O-]. The van der Waals surface area contributed by atoms with Crippen molar-refractivity contribution in [1.29, 1.82) is 0 Å². The number of rotatable bonds is 4. The molecule has 6 heteroatoms. The zero-order chi connectivity index (χ0) is 14.7. The maximum atomic E-state index is 13.2. The second-order valence-electron chi connectivity index (χ2n) is 4.31. The predicted molar refractivity (Wildman–Crippen MR) is 76.5 cm³/mol. The summed E-state index contributed by atoms with van der Waals surface area (Å²) in [5.74, 6) is -0.424. The van der Waals surface area contributed by atoms with Gasteiger partial charge in [0.15, 0.2) is 0 Å². The fourth-order valence-corrected chi connectivity index (χ4v) is 2.11. The Balaban J connectivity index is 2.31. The molecule has 2 aromatic carbocycles. The van der Waals surface area contributed by atoms with Gasteiger partial charge in [0, 0.05) is 6.07 Å². The minimum Gasteiger partial charge on any atom is -0.377 e. The first-order valence-electron chi connectivity index (χ1n) is 5.94. The summed E-state index contributed by atoms with van der Waals surface area (Å²) in [5.41, 5.74) is 0.926. The summed E-state index contributed by atoms with van der Waals surface area (Å²) in [6, 6.07) is 9.97. The largest absolute Gasteiger partial charge is 0.377 e. The lowest BCUT2D eigenvalue weighted by molar-refractivity contribution is -0.385. The van der Waals surface area contributed by atoms with E-state index in [1.807, 2.05) is 0 Å². The highest BCUT2D eigenvalue weighted by Crippen LogP contribution is 2.30. The molecule has 0 amide bonds. The van der Waals surface area contributed by atoms with Crippen LogP contribution in [0.5, 0.6) is 0 Å². The summed E-state index contributed by atoms with van der Waals surface area (Å²) >= 11 is 5.97. The van der Waals surface area contributed by atoms with E-state index in [9.17, 15) is 14.5 Å². The number of anilines is 1. The molecule has 0 aliphatic rings. The molecule has 1 atom stereocenters. The summed E-state index contributed by atoms with van der Waals surface area (Å²) in [7, 11) is 0. The van der Waals surface area contributed by atoms with Gasteiger partial charge < -0.3 is 5.32 Å². The number of benzene rings is 2. The van der Waals surface area contributed by atoms with E-state index in [-0.39, 0.29) is 11.7 Å². The van der Waals surface area contributed by atoms with Crippen molar-refractivity contribution in [2.24, 2.45) is 0 Å². The van der Waals surface area contributed by atoms with Crippen molar-refractivity contribution < 1.29 is 9.31 Å². The summed E-state index contributed by atoms with van der Waals surface area (Å²) in [6.07, 6.45) is 0. The number of nitro groups is 1. The average molecular weight is 295 g/mol. The standard InChI is InChI=1S/C14H12ClFN2O2/c1-9(11-4-2-3-5-14(11)18(19)20)17-13-8-10(16)6-7-12(13)15/h2-9,17H,1H3. The van der Waals surface area contributed by atoms with Crippen molar-refractivity contribution >= 4 is 23.0 Å². The van der Waals surface area contributed by atoms with E-state index >= 15 is 0 Å². The van der Waals surface area contributed by atoms with Crippen molar-refractivity contribution in [2.45, 2.75) is 13.0 Å². The van der Waals surface area contributed by atoms with Gasteiger partial charge in [-0.05, 0) is 25.1 Å². The normalized spacial score (nSPS) is 11.9. The number of nitrogens with zero attached hydrogens (tertiary/aromatic N) is 1. The predicted octanol–water partition coefficient (Wildman–Crippen LogP) is 4.56. The van der Waals surface area contributed by atoms with E-state index in [1.54, 1.807) is 25.1 Å². The van der Waals surface area contributed by atoms with Gasteiger partial charge in [-0.2, -0.15) is 0 Å². The highest BCUT2D eigenvalue weighted by atomic mass is 35.5. The molecule has 1 unspecified atom stereocenters. The minimum atomic E-state index is -0.444. The van der Waals surface area contributed by atoms with Gasteiger partial charge in [-0.15, -0.1) is 0 Å². The van der Waals surface area contributed by atoms with Gasteiger partial charge in [0.25, 0.3) is 5.69 Å². The van der Waals surface area contributed by atoms with E-state index in [2.05, 4.69) is 5.32 Å². The molecule has 0 aromatic heterocycles. The number of nitrogens with one attached hydrogen (secondary N) is 1. The Bertz CT molecular complexity index is 649. The van der Waals surface area contributed by atoms with E-state index in [0.717, 1.165) is 0 Å². The Morgan fingerprint density at radius 1 is 1.30 bits per heavy atom. The van der Waals surface area contributed by atoms with Crippen LogP contribution in [0.1, 0.15) is 18.5 Å². The molecule has 20 heavy (non-hydrogen) atoms. The van der Waals surface area contributed by atoms with Gasteiger partial charge >= 0.3 is 0 Å². The Morgan fingerprint density at radius 2 is 2.00 bits per heavy atom. The van der Waals surface area contributed by atoms with E-state index in [1.165, 1.54) is 24.3 Å². The third-order valence-corrected chi connectivity index (χ3v) is 3.23. The van der Waals surface area contributed by atoms with Crippen LogP contribution in [0.25, 0.3) is 0 Å². The number of nitro benzene ring substituents is 1. The number of hydrogen-bond donors (Lipinski definition) is 1. The molecule has 2 rings (SSSR count). The van der Waals surface area contributed by atoms with Crippen molar-refractivity contribution in [3.8, 4) is 0 Å². The second-order valence-corrected chi connectivity index (χ2v) is 4.71. The van der Waals surface area contributed by atoms with E-state index in [0.29, 0.717) is 16.3 Å². The third kappa shape index (κ3) is 3.05. The minimum absolute atomic E-state index is 0.0139. The Hall–Kier alpha value is -2.14. The molecule has 0 saturated carbocycles. The Morgan fingerprint density at radius 3 is 2.70 bits per heavy atom. The van der Waals surface area contributed by atoms with Crippen LogP contribution in [0.2, 0.25) is 5.02 Å². The fraction of sp³-hybridized carbons (Fsp3) is 0.143. The van der Waals surface area contributed by atoms with Crippen LogP contribution in [0.4, 0.5) is 15.8 Å². The lowest BCUT2D eigenvalue weighted by atomic mass is 10.1. The van der Waals surface area contributed by atoms with Crippen LogP contribution in [-0.4, -0.2) is 4.92 Å². The lowest BCUT2D eigenvalue weighted by Crippen LogP contribution is -2.09. The summed E-state index contributed by atoms with van der Waals surface area (Å²) < 4.78 is 13.2. The highest BCUT2D eigenvalue weighted by Gasteiger charge is 2.18. The van der Waals surface area contributed by atoms with Gasteiger partial charge in [-0.25, -0.2) is 4.39 Å². The summed E-state index contributed by atoms with van der Waals surface area (Å²) in [6.45, 7) is 1.75. The van der Waals surface area contributed by atoms with Crippen molar-refractivity contribution in [3.05, 3.63) is 69.0 Å². The van der Waals surface area contributed by atoms with Gasteiger partial charge in [0.05, 0.1) is 27.2 Å². The molecular formula is C14H12ClFN2O2. The molecule has 0 saturated heterocycles. The third-order valence-electron chi connectivity index (χ3n) is 2.90. The van der Waals surface area contributed by atoms with Crippen molar-refractivity contribution in [2.75, 3.05) is 5.32 Å². The molecule has 2 aromatic rings. The monoisotopic (exact) mass is 294 g/mol. The van der Waals surface area contributed by atoms with Crippen LogP contribution in [0.15, 0.2) is 42.5 Å². The maximum Gasteiger partial charge on any atom is 0.274 e. The van der Waals surface area contributed by atoms with Crippen LogP contribution in [0.3, 0.4) is 0 Å². The zero-order valence-electron chi connectivity index (χ0n) is 10.6. The smallest absolute Gasteiger partial charge is 0.274 e. The van der Waals surface area contributed by atoms with Gasteiger partial charge in [-0.1, -0.05) is 29.8 Å². The van der Waals surface area contributed by atoms with E-state index < -0.39 is 10.7 Å². The van der Waals surface area contributed by atoms with Crippen LogP contribution in [0, 0.1) is 15.9 Å². The first kappa shape index (κ1) is 14.3. The number of halogens is 2. The summed E-state index contributed by atoms with van der Waals surface area (Å²) in [5, 5.41) is 14.3. The van der Waals surface area contributed by atoms with Gasteiger partial charge in [-0.3, -0.25) is 10.1 Å².